The lowest BCUT2D eigenvalue weighted by Crippen LogP contribution is -2.43. The van der Waals surface area contributed by atoms with Crippen molar-refractivity contribution in [3.63, 3.8) is 0 Å². The van der Waals surface area contributed by atoms with Crippen molar-refractivity contribution in [3.05, 3.63) is 35.3 Å². The second-order valence-electron chi connectivity index (χ2n) is 11.0. The number of hydrogen-bond acceptors (Lipinski definition) is 8. The zero-order valence-electron chi connectivity index (χ0n) is 23.2. The summed E-state index contributed by atoms with van der Waals surface area (Å²) in [7, 11) is 0. The van der Waals surface area contributed by atoms with Crippen LogP contribution in [0.2, 0.25) is 0 Å². The van der Waals surface area contributed by atoms with Gasteiger partial charge in [-0.15, -0.1) is 0 Å². The molecule has 0 saturated carbocycles. The number of nitrogens with one attached hydrogen (secondary N) is 1. The van der Waals surface area contributed by atoms with E-state index in [0.29, 0.717) is 12.0 Å². The van der Waals surface area contributed by atoms with Gasteiger partial charge in [-0.3, -0.25) is 14.7 Å². The minimum absolute atomic E-state index is 0.0447. The molecule has 2 atom stereocenters. The number of carbonyl (C=O) groups is 1. The second kappa shape index (κ2) is 11.0. The Kier molecular flexibility index (Phi) is 7.32. The van der Waals surface area contributed by atoms with Gasteiger partial charge in [0.15, 0.2) is 5.75 Å². The van der Waals surface area contributed by atoms with Crippen LogP contribution in [0.3, 0.4) is 0 Å². The first-order valence-electron chi connectivity index (χ1n) is 14.2. The SMILES string of the molecule is CC#CC(=O)N1CCC(N2CCC(c3cc4c(c(C)n3)O[C@@H](C)c3c(N5CCOCC5)ccnc3N4)CC2)C1. The summed E-state index contributed by atoms with van der Waals surface area (Å²) in [6, 6.07) is 4.69. The van der Waals surface area contributed by atoms with Gasteiger partial charge in [-0.05, 0) is 71.2 Å². The molecule has 1 amide bonds. The third-order valence-electron chi connectivity index (χ3n) is 8.58. The lowest BCUT2D eigenvalue weighted by molar-refractivity contribution is -0.124. The fourth-order valence-corrected chi connectivity index (χ4v) is 6.51. The number of morpholine rings is 1. The lowest BCUT2D eigenvalue weighted by atomic mass is 9.91. The summed E-state index contributed by atoms with van der Waals surface area (Å²) in [4.78, 5) is 28.8. The van der Waals surface area contributed by atoms with Gasteiger partial charge in [0.05, 0.1) is 30.2 Å². The minimum Gasteiger partial charge on any atom is -0.482 e. The zero-order chi connectivity index (χ0) is 26.9. The molecular formula is C30H38N6O3. The van der Waals surface area contributed by atoms with Gasteiger partial charge in [-0.2, -0.15) is 0 Å². The number of pyridine rings is 2. The number of ether oxygens (including phenoxy) is 2. The summed E-state index contributed by atoms with van der Waals surface area (Å²) in [5.41, 5.74) is 5.21. The van der Waals surface area contributed by atoms with Crippen molar-refractivity contribution in [2.45, 2.75) is 58.1 Å². The molecule has 0 aliphatic carbocycles. The molecule has 6 rings (SSSR count). The average Bonchev–Trinajstić information content (AvgIpc) is 3.40. The molecule has 0 radical (unpaired) electrons. The van der Waals surface area contributed by atoms with Crippen molar-refractivity contribution in [3.8, 4) is 17.6 Å². The molecular weight excluding hydrogens is 492 g/mol. The zero-order valence-corrected chi connectivity index (χ0v) is 23.2. The summed E-state index contributed by atoms with van der Waals surface area (Å²) < 4.78 is 12.1. The maximum absolute atomic E-state index is 12.2. The Hall–Kier alpha value is -3.35. The van der Waals surface area contributed by atoms with Crippen molar-refractivity contribution in [2.75, 3.05) is 62.7 Å². The number of likely N-dealkylation sites (tertiary alicyclic amines) is 2. The first kappa shape index (κ1) is 25.9. The minimum atomic E-state index is -0.156. The fraction of sp³-hybridized carbons (Fsp3) is 0.567. The van der Waals surface area contributed by atoms with Crippen LogP contribution in [0.15, 0.2) is 18.3 Å². The van der Waals surface area contributed by atoms with Crippen LogP contribution in [0.1, 0.15) is 62.1 Å². The molecule has 9 nitrogen and oxygen atoms in total. The van der Waals surface area contributed by atoms with Gasteiger partial charge in [0.1, 0.15) is 11.9 Å². The number of fused-ring (bicyclic) bond motifs is 2. The van der Waals surface area contributed by atoms with Crippen molar-refractivity contribution < 1.29 is 14.3 Å². The second-order valence-corrected chi connectivity index (χ2v) is 11.0. The van der Waals surface area contributed by atoms with Crippen LogP contribution in [0.4, 0.5) is 17.2 Å². The Bertz CT molecular complexity index is 1290. The highest BCUT2D eigenvalue weighted by Gasteiger charge is 2.34. The number of amides is 1. The molecule has 2 aromatic heterocycles. The number of piperidine rings is 1. The molecule has 3 saturated heterocycles. The Balaban J connectivity index is 1.17. The van der Waals surface area contributed by atoms with Crippen LogP contribution in [0.25, 0.3) is 0 Å². The maximum atomic E-state index is 12.2. The van der Waals surface area contributed by atoms with E-state index in [1.807, 2.05) is 18.0 Å². The monoisotopic (exact) mass is 530 g/mol. The van der Waals surface area contributed by atoms with Gasteiger partial charge >= 0.3 is 0 Å². The van der Waals surface area contributed by atoms with Crippen molar-refractivity contribution >= 4 is 23.1 Å². The third-order valence-corrected chi connectivity index (χ3v) is 8.58. The highest BCUT2D eigenvalue weighted by Crippen LogP contribution is 2.44. The number of aromatic nitrogens is 2. The molecule has 0 spiro atoms. The van der Waals surface area contributed by atoms with Crippen LogP contribution in [-0.4, -0.2) is 84.2 Å². The summed E-state index contributed by atoms with van der Waals surface area (Å²) in [5, 5.41) is 3.62. The number of hydrogen-bond donors (Lipinski definition) is 1. The Morgan fingerprint density at radius 1 is 1.13 bits per heavy atom. The van der Waals surface area contributed by atoms with Gasteiger partial charge in [-0.25, -0.2) is 4.98 Å². The molecule has 1 N–H and O–H groups in total. The molecule has 9 heteroatoms. The highest BCUT2D eigenvalue weighted by molar-refractivity contribution is 5.93. The van der Waals surface area contributed by atoms with Crippen molar-refractivity contribution in [1.82, 2.24) is 19.8 Å². The van der Waals surface area contributed by atoms with Gasteiger partial charge in [0, 0.05) is 55.7 Å². The van der Waals surface area contributed by atoms with Crippen LogP contribution >= 0.6 is 0 Å². The van der Waals surface area contributed by atoms with Gasteiger partial charge < -0.3 is 24.6 Å². The average molecular weight is 531 g/mol. The first-order chi connectivity index (χ1) is 19.0. The third kappa shape index (κ3) is 5.15. The molecule has 206 valence electrons. The largest absolute Gasteiger partial charge is 0.482 e. The molecule has 4 aliphatic rings. The van der Waals surface area contributed by atoms with Gasteiger partial charge in [-0.1, -0.05) is 5.92 Å². The van der Waals surface area contributed by atoms with Crippen LogP contribution in [-0.2, 0) is 9.53 Å². The number of rotatable bonds is 3. The maximum Gasteiger partial charge on any atom is 0.298 e. The molecule has 4 aliphatic heterocycles. The fourth-order valence-electron chi connectivity index (χ4n) is 6.51. The summed E-state index contributed by atoms with van der Waals surface area (Å²) in [6.07, 6.45) is 4.85. The Morgan fingerprint density at radius 3 is 2.69 bits per heavy atom. The number of anilines is 3. The lowest BCUT2D eigenvalue weighted by Gasteiger charge is -2.36. The topological polar surface area (TPSA) is 83.1 Å². The molecule has 6 heterocycles. The number of carbonyl (C=O) groups excluding carboxylic acids is 1. The van der Waals surface area contributed by atoms with E-state index >= 15 is 0 Å². The van der Waals surface area contributed by atoms with Crippen LogP contribution in [0, 0.1) is 18.8 Å². The van der Waals surface area contributed by atoms with E-state index in [9.17, 15) is 4.79 Å². The molecule has 0 aromatic carbocycles. The molecule has 39 heavy (non-hydrogen) atoms. The summed E-state index contributed by atoms with van der Waals surface area (Å²) in [6.45, 7) is 12.7. The smallest absolute Gasteiger partial charge is 0.298 e. The highest BCUT2D eigenvalue weighted by atomic mass is 16.5. The normalized spacial score (nSPS) is 23.6. The van der Waals surface area contributed by atoms with Gasteiger partial charge in [0.25, 0.3) is 5.91 Å². The van der Waals surface area contributed by atoms with E-state index in [1.165, 1.54) is 0 Å². The van der Waals surface area contributed by atoms with Crippen molar-refractivity contribution in [2.24, 2.45) is 0 Å². The quantitative estimate of drug-likeness (QED) is 0.603. The number of nitrogens with zero attached hydrogens (tertiary/aromatic N) is 5. The predicted octanol–water partition coefficient (Wildman–Crippen LogP) is 3.62. The predicted molar refractivity (Wildman–Crippen MR) is 151 cm³/mol. The molecule has 2 aromatic rings. The van der Waals surface area contributed by atoms with Crippen LogP contribution < -0.4 is 15.0 Å². The van der Waals surface area contributed by atoms with E-state index in [4.69, 9.17) is 19.4 Å². The molecule has 3 fully saturated rings. The van der Waals surface area contributed by atoms with E-state index in [0.717, 1.165) is 112 Å². The van der Waals surface area contributed by atoms with Crippen LogP contribution in [0.5, 0.6) is 5.75 Å². The Labute approximate surface area is 230 Å². The summed E-state index contributed by atoms with van der Waals surface area (Å²) in [5.74, 6) is 7.42. The number of aryl methyl sites for hydroxylation is 1. The van der Waals surface area contributed by atoms with Gasteiger partial charge in [0.2, 0.25) is 0 Å². The summed E-state index contributed by atoms with van der Waals surface area (Å²) >= 11 is 0. The standard InChI is InChI=1S/C30H38N6O3/c1-4-5-27(37)36-13-9-23(19-36)34-11-7-22(8-12-34)24-18-25-29(20(2)32-24)39-21(3)28-26(6-10-31-30(28)33-25)35-14-16-38-17-15-35/h6,10,18,21-23H,7-9,11-17,19H2,1-3H3,(H,31,33)/t21-,23?/m0/s1. The molecule has 1 unspecified atom stereocenters. The van der Waals surface area contributed by atoms with E-state index in [1.54, 1.807) is 6.92 Å². The van der Waals surface area contributed by atoms with E-state index in [2.05, 4.69) is 46.0 Å². The van der Waals surface area contributed by atoms with Crippen molar-refractivity contribution in [1.29, 1.82) is 0 Å². The van der Waals surface area contributed by atoms with E-state index < -0.39 is 0 Å². The van der Waals surface area contributed by atoms with E-state index in [-0.39, 0.29) is 12.0 Å². The molecule has 0 bridgehead atoms. The first-order valence-corrected chi connectivity index (χ1v) is 14.2. The Morgan fingerprint density at radius 2 is 1.92 bits per heavy atom.